The maximum atomic E-state index is 13.8. The minimum Gasteiger partial charge on any atom is -0.434 e. The average molecular weight is 490 g/mol. The minimum atomic E-state index is -3.73. The van der Waals surface area contributed by atoms with E-state index in [1.54, 1.807) is 18.2 Å². The van der Waals surface area contributed by atoms with Crippen LogP contribution in [0.15, 0.2) is 28.7 Å². The molecule has 1 amide bonds. The standard InChI is InChI=1S/C25H35N3O5S/c1-3-9-19(22(29)24-28-18-12-7-8-13-20(18)33-24)27-23(30)21(16-10-5-4-6-11-16)25(26,17-14-15-17)34(2,31)32/h7-8,12-13,16-17,19,21H,3-6,9-11,14-15,26H2,1-2H3,(H,27,30). The molecular weight excluding hydrogens is 454 g/mol. The van der Waals surface area contributed by atoms with Crippen molar-refractivity contribution in [3.05, 3.63) is 30.2 Å². The predicted molar refractivity (Wildman–Crippen MR) is 130 cm³/mol. The van der Waals surface area contributed by atoms with E-state index < -0.39 is 38.4 Å². The molecule has 8 nitrogen and oxygen atoms in total. The van der Waals surface area contributed by atoms with Gasteiger partial charge in [-0.2, -0.15) is 0 Å². The number of hydrogen-bond donors (Lipinski definition) is 2. The summed E-state index contributed by atoms with van der Waals surface area (Å²) in [5.41, 5.74) is 7.75. The molecule has 2 fully saturated rings. The van der Waals surface area contributed by atoms with Gasteiger partial charge in [-0.05, 0) is 56.1 Å². The van der Waals surface area contributed by atoms with Crippen LogP contribution in [0.3, 0.4) is 0 Å². The number of nitrogens with one attached hydrogen (secondary N) is 1. The molecule has 0 radical (unpaired) electrons. The molecule has 2 saturated carbocycles. The molecule has 1 aromatic heterocycles. The van der Waals surface area contributed by atoms with Crippen LogP contribution >= 0.6 is 0 Å². The average Bonchev–Trinajstić information content (AvgIpc) is 3.57. The number of rotatable bonds is 10. The number of para-hydroxylation sites is 2. The fourth-order valence-corrected chi connectivity index (χ4v) is 7.12. The van der Waals surface area contributed by atoms with E-state index in [1.165, 1.54) is 0 Å². The third-order valence-electron chi connectivity index (χ3n) is 7.46. The quantitative estimate of drug-likeness (QED) is 0.487. The van der Waals surface area contributed by atoms with Crippen LogP contribution in [0, 0.1) is 17.8 Å². The number of hydrogen-bond acceptors (Lipinski definition) is 7. The summed E-state index contributed by atoms with van der Waals surface area (Å²) in [4.78, 5) is 29.8. The smallest absolute Gasteiger partial charge is 0.266 e. The molecule has 2 aromatic rings. The second-order valence-electron chi connectivity index (χ2n) is 9.98. The van der Waals surface area contributed by atoms with Crippen LogP contribution in [-0.4, -0.2) is 42.3 Å². The summed E-state index contributed by atoms with van der Waals surface area (Å²) in [5, 5.41) is 2.89. The number of carbonyl (C=O) groups is 2. The molecule has 186 valence electrons. The van der Waals surface area contributed by atoms with Gasteiger partial charge in [-0.1, -0.05) is 44.7 Å². The van der Waals surface area contributed by atoms with Crippen LogP contribution in [0.2, 0.25) is 0 Å². The fraction of sp³-hybridized carbons (Fsp3) is 0.640. The van der Waals surface area contributed by atoms with Gasteiger partial charge in [0.15, 0.2) is 15.4 Å². The number of nitrogens with two attached hydrogens (primary N) is 1. The van der Waals surface area contributed by atoms with E-state index in [2.05, 4.69) is 10.3 Å². The van der Waals surface area contributed by atoms with Gasteiger partial charge < -0.3 is 15.5 Å². The number of oxazole rings is 1. The van der Waals surface area contributed by atoms with Crippen LogP contribution in [-0.2, 0) is 14.6 Å². The topological polar surface area (TPSA) is 132 Å². The van der Waals surface area contributed by atoms with Crippen molar-refractivity contribution < 1.29 is 22.4 Å². The lowest BCUT2D eigenvalue weighted by atomic mass is 9.74. The largest absolute Gasteiger partial charge is 0.434 e. The van der Waals surface area contributed by atoms with Crippen LogP contribution in [0.25, 0.3) is 11.1 Å². The van der Waals surface area contributed by atoms with Gasteiger partial charge in [0.25, 0.3) is 5.89 Å². The Hall–Kier alpha value is -2.26. The van der Waals surface area contributed by atoms with Crippen molar-refractivity contribution in [3.63, 3.8) is 0 Å². The molecule has 2 aliphatic rings. The number of amides is 1. The monoisotopic (exact) mass is 489 g/mol. The van der Waals surface area contributed by atoms with E-state index in [1.807, 2.05) is 13.0 Å². The van der Waals surface area contributed by atoms with E-state index in [0.29, 0.717) is 36.8 Å². The van der Waals surface area contributed by atoms with Gasteiger partial charge in [-0.25, -0.2) is 13.4 Å². The first kappa shape index (κ1) is 24.9. The Balaban J connectivity index is 1.64. The van der Waals surface area contributed by atoms with Gasteiger partial charge in [-0.15, -0.1) is 0 Å². The molecule has 3 unspecified atom stereocenters. The molecule has 3 atom stereocenters. The lowest BCUT2D eigenvalue weighted by Crippen LogP contribution is -2.63. The van der Waals surface area contributed by atoms with Gasteiger partial charge in [0.05, 0.1) is 12.0 Å². The normalized spacial score (nSPS) is 21.0. The molecule has 0 bridgehead atoms. The third kappa shape index (κ3) is 4.77. The molecule has 1 heterocycles. The lowest BCUT2D eigenvalue weighted by Gasteiger charge is -2.41. The maximum Gasteiger partial charge on any atom is 0.266 e. The Morgan fingerprint density at radius 1 is 1.18 bits per heavy atom. The van der Waals surface area contributed by atoms with Gasteiger partial charge in [0.2, 0.25) is 11.7 Å². The summed E-state index contributed by atoms with van der Waals surface area (Å²) in [7, 11) is -3.73. The summed E-state index contributed by atoms with van der Waals surface area (Å²) in [6, 6.07) is 6.23. The highest BCUT2D eigenvalue weighted by Crippen LogP contribution is 2.49. The first-order valence-corrected chi connectivity index (χ1v) is 14.2. The molecular formula is C25H35N3O5S. The van der Waals surface area contributed by atoms with E-state index in [9.17, 15) is 18.0 Å². The number of aromatic nitrogens is 1. The van der Waals surface area contributed by atoms with Crippen LogP contribution in [0.4, 0.5) is 0 Å². The Bertz CT molecular complexity index is 1120. The Kier molecular flexibility index (Phi) is 7.14. The molecule has 2 aliphatic carbocycles. The molecule has 0 saturated heterocycles. The zero-order valence-electron chi connectivity index (χ0n) is 20.0. The van der Waals surface area contributed by atoms with Crippen LogP contribution < -0.4 is 11.1 Å². The fourth-order valence-electron chi connectivity index (χ4n) is 5.52. The predicted octanol–water partition coefficient (Wildman–Crippen LogP) is 3.60. The SMILES string of the molecule is CCCC(NC(=O)C(C1CCCCC1)C(N)(C1CC1)S(C)(=O)=O)C(=O)c1nc2ccccc2o1. The van der Waals surface area contributed by atoms with Gasteiger partial charge >= 0.3 is 0 Å². The summed E-state index contributed by atoms with van der Waals surface area (Å²) >= 11 is 0. The van der Waals surface area contributed by atoms with Crippen molar-refractivity contribution in [1.29, 1.82) is 0 Å². The minimum absolute atomic E-state index is 0.0570. The molecule has 3 N–H and O–H groups in total. The number of carbonyl (C=O) groups excluding carboxylic acids is 2. The lowest BCUT2D eigenvalue weighted by molar-refractivity contribution is -0.129. The third-order valence-corrected chi connectivity index (χ3v) is 9.33. The van der Waals surface area contributed by atoms with E-state index in [-0.39, 0.29) is 17.7 Å². The highest BCUT2D eigenvalue weighted by Gasteiger charge is 2.59. The highest BCUT2D eigenvalue weighted by molar-refractivity contribution is 7.92. The second kappa shape index (κ2) is 9.77. The number of Topliss-reactive ketones (excluding diaryl/α,β-unsaturated/α-hetero) is 1. The van der Waals surface area contributed by atoms with Crippen LogP contribution in [0.5, 0.6) is 0 Å². The number of benzene rings is 1. The van der Waals surface area contributed by atoms with Crippen molar-refractivity contribution in [1.82, 2.24) is 10.3 Å². The first-order valence-electron chi connectivity index (χ1n) is 12.4. The molecule has 1 aromatic carbocycles. The maximum absolute atomic E-state index is 13.8. The van der Waals surface area contributed by atoms with Crippen molar-refractivity contribution in [2.75, 3.05) is 6.26 Å². The summed E-state index contributed by atoms with van der Waals surface area (Å²) < 4.78 is 31.6. The van der Waals surface area contributed by atoms with E-state index in [4.69, 9.17) is 10.2 Å². The van der Waals surface area contributed by atoms with Crippen LogP contribution in [0.1, 0.15) is 75.4 Å². The second-order valence-corrected chi connectivity index (χ2v) is 12.2. The zero-order valence-corrected chi connectivity index (χ0v) is 20.8. The van der Waals surface area contributed by atoms with Crippen molar-refractivity contribution in [2.45, 2.75) is 75.6 Å². The molecule has 0 aliphatic heterocycles. The number of fused-ring (bicyclic) bond motifs is 1. The molecule has 4 rings (SSSR count). The van der Waals surface area contributed by atoms with E-state index in [0.717, 1.165) is 38.4 Å². The summed E-state index contributed by atoms with van der Waals surface area (Å²) in [6.45, 7) is 1.92. The van der Waals surface area contributed by atoms with Gasteiger partial charge in [0, 0.05) is 6.26 Å². The van der Waals surface area contributed by atoms with Crippen molar-refractivity contribution >= 4 is 32.6 Å². The summed E-state index contributed by atoms with van der Waals surface area (Å²) in [5.74, 6) is -2.19. The first-order chi connectivity index (χ1) is 16.2. The van der Waals surface area contributed by atoms with E-state index >= 15 is 0 Å². The Labute approximate surface area is 201 Å². The molecule has 34 heavy (non-hydrogen) atoms. The zero-order chi connectivity index (χ0) is 24.5. The summed E-state index contributed by atoms with van der Waals surface area (Å²) in [6.07, 6.45) is 8.04. The number of nitrogens with zero attached hydrogens (tertiary/aromatic N) is 1. The molecule has 9 heteroatoms. The Morgan fingerprint density at radius 2 is 1.85 bits per heavy atom. The van der Waals surface area contributed by atoms with Crippen molar-refractivity contribution in [3.8, 4) is 0 Å². The number of sulfone groups is 1. The number of ketones is 1. The van der Waals surface area contributed by atoms with Gasteiger partial charge in [-0.3, -0.25) is 9.59 Å². The van der Waals surface area contributed by atoms with Crippen molar-refractivity contribution in [2.24, 2.45) is 23.5 Å². The molecule has 0 spiro atoms. The van der Waals surface area contributed by atoms with Gasteiger partial charge in [0.1, 0.15) is 10.4 Å². The highest BCUT2D eigenvalue weighted by atomic mass is 32.2. The Morgan fingerprint density at radius 3 is 2.44 bits per heavy atom.